The third-order valence-electron chi connectivity index (χ3n) is 4.45. The van der Waals surface area contributed by atoms with Gasteiger partial charge >= 0.3 is 5.97 Å². The maximum Gasteiger partial charge on any atom is 0.321 e. The molecule has 8 nitrogen and oxygen atoms in total. The second-order valence-corrected chi connectivity index (χ2v) is 8.61. The summed E-state index contributed by atoms with van der Waals surface area (Å²) < 4.78 is 43.2. The first-order chi connectivity index (χ1) is 14.3. The number of fused-ring (bicyclic) bond motifs is 1. The van der Waals surface area contributed by atoms with Gasteiger partial charge in [-0.25, -0.2) is 8.42 Å². The fraction of sp³-hybridized carbons (Fsp3) is 0.333. The molecule has 2 aromatic rings. The lowest BCUT2D eigenvalue weighted by atomic mass is 10.1. The number of ketones is 1. The molecule has 0 aromatic heterocycles. The fourth-order valence-electron chi connectivity index (χ4n) is 2.79. The van der Waals surface area contributed by atoms with Crippen molar-refractivity contribution in [1.29, 1.82) is 0 Å². The number of hydrogen-bond acceptors (Lipinski definition) is 7. The molecule has 1 atom stereocenters. The Balaban J connectivity index is 1.58. The summed E-state index contributed by atoms with van der Waals surface area (Å²) in [5.41, 5.74) is 1.41. The molecule has 2 aromatic carbocycles. The third kappa shape index (κ3) is 5.37. The first-order valence-corrected chi connectivity index (χ1v) is 10.9. The number of nitrogens with one attached hydrogen (secondary N) is 1. The van der Waals surface area contributed by atoms with Gasteiger partial charge in [-0.3, -0.25) is 9.59 Å². The van der Waals surface area contributed by atoms with E-state index in [1.807, 2.05) is 6.92 Å². The van der Waals surface area contributed by atoms with Crippen LogP contribution in [0.3, 0.4) is 0 Å². The van der Waals surface area contributed by atoms with Crippen molar-refractivity contribution in [2.75, 3.05) is 19.8 Å². The van der Waals surface area contributed by atoms with E-state index >= 15 is 0 Å². The largest absolute Gasteiger partial charge is 0.490 e. The predicted molar refractivity (Wildman–Crippen MR) is 108 cm³/mol. The van der Waals surface area contributed by atoms with E-state index in [4.69, 9.17) is 14.2 Å². The highest BCUT2D eigenvalue weighted by Gasteiger charge is 2.23. The molecule has 0 fully saturated rings. The van der Waals surface area contributed by atoms with Gasteiger partial charge in [-0.05, 0) is 26.0 Å². The average molecular weight is 433 g/mol. The summed E-state index contributed by atoms with van der Waals surface area (Å²) in [5, 5.41) is 0. The van der Waals surface area contributed by atoms with Crippen LogP contribution in [0.5, 0.6) is 11.5 Å². The van der Waals surface area contributed by atoms with Crippen molar-refractivity contribution in [3.63, 3.8) is 0 Å². The average Bonchev–Trinajstić information content (AvgIpc) is 2.97. The lowest BCUT2D eigenvalue weighted by Gasteiger charge is -2.14. The molecular formula is C21H23NO7S. The van der Waals surface area contributed by atoms with Crippen LogP contribution < -0.4 is 14.2 Å². The smallest absolute Gasteiger partial charge is 0.321 e. The molecule has 0 radical (unpaired) electrons. The number of rotatable bonds is 7. The molecule has 0 bridgehead atoms. The van der Waals surface area contributed by atoms with Gasteiger partial charge in [-0.1, -0.05) is 29.8 Å². The van der Waals surface area contributed by atoms with Gasteiger partial charge in [0.25, 0.3) is 0 Å². The Morgan fingerprint density at radius 3 is 2.43 bits per heavy atom. The Bertz CT molecular complexity index is 1030. The summed E-state index contributed by atoms with van der Waals surface area (Å²) in [4.78, 5) is 24.3. The van der Waals surface area contributed by atoms with Gasteiger partial charge in [0.1, 0.15) is 6.54 Å². The molecule has 1 aliphatic heterocycles. The highest BCUT2D eigenvalue weighted by Crippen LogP contribution is 2.31. The van der Waals surface area contributed by atoms with Gasteiger partial charge in [0.2, 0.25) is 15.8 Å². The molecule has 1 N–H and O–H groups in total. The monoisotopic (exact) mass is 433 g/mol. The molecular weight excluding hydrogens is 410 g/mol. The second-order valence-electron chi connectivity index (χ2n) is 6.85. The first kappa shape index (κ1) is 21.8. The Labute approximate surface area is 175 Å². The summed E-state index contributed by atoms with van der Waals surface area (Å²) >= 11 is 0. The van der Waals surface area contributed by atoms with Gasteiger partial charge in [0, 0.05) is 18.1 Å². The van der Waals surface area contributed by atoms with E-state index in [0.29, 0.717) is 36.7 Å². The predicted octanol–water partition coefficient (Wildman–Crippen LogP) is 2.25. The quantitative estimate of drug-likeness (QED) is 0.527. The highest BCUT2D eigenvalue weighted by molar-refractivity contribution is 7.89. The molecule has 1 heterocycles. The number of ether oxygens (including phenoxy) is 3. The number of Topliss-reactive ketones (excluding diaryl/α,β-unsaturated/α-hetero) is 1. The number of hydrogen-bond donors (Lipinski definition) is 1. The van der Waals surface area contributed by atoms with Crippen LogP contribution in [-0.2, 0) is 19.6 Å². The molecule has 9 heteroatoms. The Hall–Kier alpha value is -2.91. The highest BCUT2D eigenvalue weighted by atomic mass is 32.2. The SMILES string of the molecule is Cc1ccc(C(=O)C(C)OC(=O)CNS(=O)(=O)c2ccc3c(c2)OCCCO3)cc1. The van der Waals surface area contributed by atoms with Crippen molar-refractivity contribution in [1.82, 2.24) is 4.72 Å². The maximum absolute atomic E-state index is 12.5. The number of sulfonamides is 1. The maximum atomic E-state index is 12.5. The summed E-state index contributed by atoms with van der Waals surface area (Å²) in [5.74, 6) is -0.431. The number of esters is 1. The standard InChI is InChI=1S/C21H23NO7S/c1-14-4-6-16(7-5-14)21(24)15(2)29-20(23)13-22-30(25,26)17-8-9-18-19(12-17)28-11-3-10-27-18/h4-9,12,15,22H,3,10-11,13H2,1-2H3. The van der Waals surface area contributed by atoms with Crippen LogP contribution in [0, 0.1) is 6.92 Å². The van der Waals surface area contributed by atoms with Crippen LogP contribution in [0.4, 0.5) is 0 Å². The zero-order valence-corrected chi connectivity index (χ0v) is 17.5. The van der Waals surface area contributed by atoms with Gasteiger partial charge in [-0.15, -0.1) is 0 Å². The van der Waals surface area contributed by atoms with Crippen LogP contribution in [0.2, 0.25) is 0 Å². The van der Waals surface area contributed by atoms with Crippen molar-refractivity contribution >= 4 is 21.8 Å². The number of carbonyl (C=O) groups excluding carboxylic acids is 2. The van der Waals surface area contributed by atoms with Crippen molar-refractivity contribution in [3.8, 4) is 11.5 Å². The number of carbonyl (C=O) groups is 2. The topological polar surface area (TPSA) is 108 Å². The third-order valence-corrected chi connectivity index (χ3v) is 5.85. The van der Waals surface area contributed by atoms with Crippen molar-refractivity contribution in [3.05, 3.63) is 53.6 Å². The Morgan fingerprint density at radius 1 is 1.07 bits per heavy atom. The normalized spacial score (nSPS) is 14.5. The Morgan fingerprint density at radius 2 is 1.73 bits per heavy atom. The lowest BCUT2D eigenvalue weighted by molar-refractivity contribution is -0.144. The van der Waals surface area contributed by atoms with E-state index in [0.717, 1.165) is 5.56 Å². The molecule has 1 aliphatic rings. The van der Waals surface area contributed by atoms with Crippen molar-refractivity contribution in [2.24, 2.45) is 0 Å². The van der Waals surface area contributed by atoms with Gasteiger partial charge in [-0.2, -0.15) is 4.72 Å². The van der Waals surface area contributed by atoms with E-state index in [1.54, 1.807) is 24.3 Å². The van der Waals surface area contributed by atoms with Gasteiger partial charge in [0.05, 0.1) is 18.1 Å². The molecule has 0 aliphatic carbocycles. The lowest BCUT2D eigenvalue weighted by Crippen LogP contribution is -2.34. The minimum absolute atomic E-state index is 0.0664. The minimum Gasteiger partial charge on any atom is -0.490 e. The second kappa shape index (κ2) is 9.27. The van der Waals surface area contributed by atoms with Crippen LogP contribution in [0.1, 0.15) is 29.3 Å². The Kier molecular flexibility index (Phi) is 6.73. The summed E-state index contributed by atoms with van der Waals surface area (Å²) in [7, 11) is -3.99. The van der Waals surface area contributed by atoms with E-state index < -0.39 is 28.6 Å². The van der Waals surface area contributed by atoms with Crippen LogP contribution >= 0.6 is 0 Å². The summed E-state index contributed by atoms with van der Waals surface area (Å²) in [6.07, 6.45) is -0.344. The molecule has 0 amide bonds. The van der Waals surface area contributed by atoms with Crippen LogP contribution in [0.15, 0.2) is 47.4 Å². The van der Waals surface area contributed by atoms with Gasteiger partial charge in [0.15, 0.2) is 17.6 Å². The van der Waals surface area contributed by atoms with Crippen LogP contribution in [-0.4, -0.2) is 46.0 Å². The number of benzene rings is 2. The minimum atomic E-state index is -3.99. The van der Waals surface area contributed by atoms with E-state index in [2.05, 4.69) is 4.72 Å². The fourth-order valence-corrected chi connectivity index (χ4v) is 3.78. The molecule has 3 rings (SSSR count). The zero-order valence-electron chi connectivity index (χ0n) is 16.7. The van der Waals surface area contributed by atoms with E-state index in [1.165, 1.54) is 25.1 Å². The number of aryl methyl sites for hydroxylation is 1. The molecule has 1 unspecified atom stereocenters. The molecule has 0 spiro atoms. The molecule has 0 saturated carbocycles. The van der Waals surface area contributed by atoms with Crippen molar-refractivity contribution < 1.29 is 32.2 Å². The van der Waals surface area contributed by atoms with E-state index in [-0.39, 0.29) is 10.7 Å². The van der Waals surface area contributed by atoms with Crippen molar-refractivity contribution in [2.45, 2.75) is 31.3 Å². The van der Waals surface area contributed by atoms with E-state index in [9.17, 15) is 18.0 Å². The summed E-state index contributed by atoms with van der Waals surface area (Å²) in [6, 6.07) is 11.1. The molecule has 160 valence electrons. The molecule has 30 heavy (non-hydrogen) atoms. The molecule has 0 saturated heterocycles. The first-order valence-electron chi connectivity index (χ1n) is 9.46. The van der Waals surface area contributed by atoms with Crippen LogP contribution in [0.25, 0.3) is 0 Å². The van der Waals surface area contributed by atoms with Gasteiger partial charge < -0.3 is 14.2 Å². The summed E-state index contributed by atoms with van der Waals surface area (Å²) in [6.45, 7) is 3.64. The zero-order chi connectivity index (χ0) is 21.7.